The van der Waals surface area contributed by atoms with Crippen LogP contribution in [0.25, 0.3) is 0 Å². The number of hydrogen-bond acceptors (Lipinski definition) is 5. The normalized spacial score (nSPS) is 18.9. The largest absolute Gasteiger partial charge is 0.493 e. The number of nitrogens with zero attached hydrogens (tertiary/aromatic N) is 2. The van der Waals surface area contributed by atoms with Crippen LogP contribution in [0.15, 0.2) is 29.9 Å². The van der Waals surface area contributed by atoms with E-state index in [2.05, 4.69) is 16.0 Å². The van der Waals surface area contributed by atoms with E-state index in [0.717, 1.165) is 37.6 Å². The molecular formula is C16H20N2O2S. The third-order valence-corrected chi connectivity index (χ3v) is 4.77. The second kappa shape index (κ2) is 6.45. The van der Waals surface area contributed by atoms with Crippen LogP contribution in [0.2, 0.25) is 0 Å². The maximum atomic E-state index is 5.57. The second-order valence-electron chi connectivity index (χ2n) is 5.27. The average Bonchev–Trinajstić information content (AvgIpc) is 3.18. The van der Waals surface area contributed by atoms with Gasteiger partial charge in [0.2, 0.25) is 0 Å². The van der Waals surface area contributed by atoms with Gasteiger partial charge in [-0.2, -0.15) is 0 Å². The van der Waals surface area contributed by atoms with Gasteiger partial charge < -0.3 is 9.47 Å². The molecule has 1 aliphatic rings. The van der Waals surface area contributed by atoms with Gasteiger partial charge in [0.25, 0.3) is 0 Å². The lowest BCUT2D eigenvalue weighted by Gasteiger charge is -2.18. The second-order valence-corrected chi connectivity index (χ2v) is 6.24. The smallest absolute Gasteiger partial charge is 0.164 e. The van der Waals surface area contributed by atoms with Crippen LogP contribution in [0, 0.1) is 0 Å². The van der Waals surface area contributed by atoms with Crippen molar-refractivity contribution in [2.24, 2.45) is 0 Å². The molecule has 0 N–H and O–H groups in total. The van der Waals surface area contributed by atoms with Crippen molar-refractivity contribution in [1.29, 1.82) is 0 Å². The standard InChI is InChI=1S/C16H20N2O2S/c1-19-15-5-3-4-14(16(15)20-2)12-6-7-18(9-12)10-13-8-17-11-21-13/h3-5,8,11-12H,6-7,9-10H2,1-2H3/t12-/m1/s1. The Labute approximate surface area is 129 Å². The topological polar surface area (TPSA) is 34.6 Å². The molecule has 0 amide bonds. The van der Waals surface area contributed by atoms with Gasteiger partial charge in [-0.3, -0.25) is 9.88 Å². The van der Waals surface area contributed by atoms with Gasteiger partial charge in [-0.15, -0.1) is 11.3 Å². The van der Waals surface area contributed by atoms with E-state index >= 15 is 0 Å². The van der Waals surface area contributed by atoms with E-state index in [4.69, 9.17) is 9.47 Å². The van der Waals surface area contributed by atoms with Crippen LogP contribution in [-0.4, -0.2) is 37.2 Å². The van der Waals surface area contributed by atoms with Crippen molar-refractivity contribution < 1.29 is 9.47 Å². The van der Waals surface area contributed by atoms with Crippen molar-refractivity contribution in [1.82, 2.24) is 9.88 Å². The quantitative estimate of drug-likeness (QED) is 0.850. The summed E-state index contributed by atoms with van der Waals surface area (Å²) < 4.78 is 11.0. The molecule has 21 heavy (non-hydrogen) atoms. The third kappa shape index (κ3) is 3.04. The average molecular weight is 304 g/mol. The van der Waals surface area contributed by atoms with E-state index in [1.807, 2.05) is 23.8 Å². The Morgan fingerprint density at radius 2 is 2.24 bits per heavy atom. The minimum atomic E-state index is 0.503. The molecule has 4 nitrogen and oxygen atoms in total. The van der Waals surface area contributed by atoms with E-state index in [-0.39, 0.29) is 0 Å². The molecule has 0 bridgehead atoms. The van der Waals surface area contributed by atoms with Gasteiger partial charge in [-0.05, 0) is 19.0 Å². The van der Waals surface area contributed by atoms with Crippen LogP contribution in [0.4, 0.5) is 0 Å². The SMILES string of the molecule is COc1cccc([C@@H]2CCN(Cc3cncs3)C2)c1OC. The van der Waals surface area contributed by atoms with Crippen LogP contribution >= 0.6 is 11.3 Å². The van der Waals surface area contributed by atoms with Crippen molar-refractivity contribution in [3.63, 3.8) is 0 Å². The van der Waals surface area contributed by atoms with E-state index in [1.54, 1.807) is 25.6 Å². The Morgan fingerprint density at radius 3 is 2.95 bits per heavy atom. The number of benzene rings is 1. The van der Waals surface area contributed by atoms with Gasteiger partial charge in [-0.25, -0.2) is 0 Å². The lowest BCUT2D eigenvalue weighted by atomic mass is 9.97. The molecule has 1 fully saturated rings. The number of hydrogen-bond donors (Lipinski definition) is 0. The fraction of sp³-hybridized carbons (Fsp3) is 0.438. The Hall–Kier alpha value is -1.59. The zero-order valence-corrected chi connectivity index (χ0v) is 13.2. The number of methoxy groups -OCH3 is 2. The fourth-order valence-electron chi connectivity index (χ4n) is 3.00. The van der Waals surface area contributed by atoms with E-state index in [1.165, 1.54) is 10.4 Å². The minimum absolute atomic E-state index is 0.503. The summed E-state index contributed by atoms with van der Waals surface area (Å²) in [6.45, 7) is 3.16. The van der Waals surface area contributed by atoms with Crippen molar-refractivity contribution in [2.75, 3.05) is 27.3 Å². The molecule has 0 saturated carbocycles. The molecule has 0 radical (unpaired) electrons. The molecule has 0 unspecified atom stereocenters. The summed E-state index contributed by atoms with van der Waals surface area (Å²) in [5, 5.41) is 0. The lowest BCUT2D eigenvalue weighted by Crippen LogP contribution is -2.19. The molecule has 5 heteroatoms. The van der Waals surface area contributed by atoms with Gasteiger partial charge in [0.1, 0.15) is 0 Å². The fourth-order valence-corrected chi connectivity index (χ4v) is 3.64. The molecule has 0 spiro atoms. The minimum Gasteiger partial charge on any atom is -0.493 e. The molecule has 112 valence electrons. The zero-order chi connectivity index (χ0) is 14.7. The molecule has 0 aliphatic carbocycles. The summed E-state index contributed by atoms with van der Waals surface area (Å²) in [4.78, 5) is 7.96. The number of likely N-dealkylation sites (tertiary alicyclic amines) is 1. The summed E-state index contributed by atoms with van der Waals surface area (Å²) >= 11 is 1.72. The predicted molar refractivity (Wildman–Crippen MR) is 84.3 cm³/mol. The molecule has 1 atom stereocenters. The summed E-state index contributed by atoms with van der Waals surface area (Å²) in [5.41, 5.74) is 3.15. The number of rotatable bonds is 5. The van der Waals surface area contributed by atoms with Crippen molar-refractivity contribution in [3.8, 4) is 11.5 Å². The van der Waals surface area contributed by atoms with Gasteiger partial charge in [0.15, 0.2) is 11.5 Å². The van der Waals surface area contributed by atoms with Crippen LogP contribution < -0.4 is 9.47 Å². The number of para-hydroxylation sites is 1. The highest BCUT2D eigenvalue weighted by molar-refractivity contribution is 7.09. The first-order valence-electron chi connectivity index (χ1n) is 7.12. The molecule has 1 aromatic carbocycles. The Bertz CT molecular complexity index is 586. The highest BCUT2D eigenvalue weighted by Crippen LogP contribution is 2.39. The molecule has 1 aliphatic heterocycles. The number of aromatic nitrogens is 1. The maximum Gasteiger partial charge on any atom is 0.164 e. The summed E-state index contributed by atoms with van der Waals surface area (Å²) in [7, 11) is 3.40. The predicted octanol–water partition coefficient (Wildman–Crippen LogP) is 3.15. The first-order valence-corrected chi connectivity index (χ1v) is 8.00. The molecule has 1 aromatic heterocycles. The van der Waals surface area contributed by atoms with Gasteiger partial charge in [-0.1, -0.05) is 12.1 Å². The molecule has 2 aromatic rings. The van der Waals surface area contributed by atoms with Crippen molar-refractivity contribution in [3.05, 3.63) is 40.3 Å². The molecule has 1 saturated heterocycles. The van der Waals surface area contributed by atoms with Crippen LogP contribution in [0.5, 0.6) is 11.5 Å². The monoisotopic (exact) mass is 304 g/mol. The summed E-state index contributed by atoms with van der Waals surface area (Å²) in [6, 6.07) is 6.15. The molecule has 2 heterocycles. The number of ether oxygens (including phenoxy) is 2. The molecular weight excluding hydrogens is 284 g/mol. The third-order valence-electron chi connectivity index (χ3n) is 4.01. The highest BCUT2D eigenvalue weighted by Gasteiger charge is 2.27. The van der Waals surface area contributed by atoms with E-state index in [9.17, 15) is 0 Å². The van der Waals surface area contributed by atoms with E-state index in [0.29, 0.717) is 5.92 Å². The van der Waals surface area contributed by atoms with Crippen LogP contribution in [0.3, 0.4) is 0 Å². The first-order chi connectivity index (χ1) is 10.3. The van der Waals surface area contributed by atoms with Gasteiger partial charge >= 0.3 is 0 Å². The summed E-state index contributed by atoms with van der Waals surface area (Å²) in [6.07, 6.45) is 3.12. The maximum absolute atomic E-state index is 5.57. The van der Waals surface area contributed by atoms with Gasteiger partial charge in [0.05, 0.1) is 19.7 Å². The van der Waals surface area contributed by atoms with Gasteiger partial charge in [0, 0.05) is 35.6 Å². The first kappa shape index (κ1) is 14.4. The Balaban J connectivity index is 1.74. The Kier molecular flexibility index (Phi) is 4.41. The van der Waals surface area contributed by atoms with Crippen LogP contribution in [-0.2, 0) is 6.54 Å². The zero-order valence-electron chi connectivity index (χ0n) is 12.4. The van der Waals surface area contributed by atoms with Crippen LogP contribution in [0.1, 0.15) is 22.8 Å². The number of thiazole rings is 1. The van der Waals surface area contributed by atoms with Crippen molar-refractivity contribution >= 4 is 11.3 Å². The Morgan fingerprint density at radius 1 is 1.33 bits per heavy atom. The summed E-state index contributed by atoms with van der Waals surface area (Å²) in [5.74, 6) is 2.20. The highest BCUT2D eigenvalue weighted by atomic mass is 32.1. The molecule has 3 rings (SSSR count). The van der Waals surface area contributed by atoms with E-state index < -0.39 is 0 Å². The lowest BCUT2D eigenvalue weighted by molar-refractivity contribution is 0.325. The van der Waals surface area contributed by atoms with Crippen molar-refractivity contribution in [2.45, 2.75) is 18.9 Å².